The van der Waals surface area contributed by atoms with Gasteiger partial charge in [0.2, 0.25) is 0 Å². The molecule has 0 spiro atoms. The SMILES string of the molecule is C=CCC(NN)c1cc(Br)ccc1C. The quantitative estimate of drug-likeness (QED) is 0.493. The molecule has 2 nitrogen and oxygen atoms in total. The van der Waals surface area contributed by atoms with Gasteiger partial charge in [-0.1, -0.05) is 28.1 Å². The average Bonchev–Trinajstić information content (AvgIpc) is 2.18. The van der Waals surface area contributed by atoms with Crippen molar-refractivity contribution in [3.63, 3.8) is 0 Å². The molecule has 3 N–H and O–H groups in total. The fourth-order valence-electron chi connectivity index (χ4n) is 1.44. The first-order valence-corrected chi connectivity index (χ1v) is 5.31. The molecule has 1 rings (SSSR count). The summed E-state index contributed by atoms with van der Waals surface area (Å²) in [5.74, 6) is 5.50. The number of hydrogen-bond acceptors (Lipinski definition) is 2. The monoisotopic (exact) mass is 254 g/mol. The molecule has 14 heavy (non-hydrogen) atoms. The average molecular weight is 255 g/mol. The zero-order valence-corrected chi connectivity index (χ0v) is 9.84. The number of rotatable bonds is 4. The van der Waals surface area contributed by atoms with E-state index in [1.54, 1.807) is 0 Å². The second-order valence-electron chi connectivity index (χ2n) is 3.24. The molecule has 76 valence electrons. The first-order chi connectivity index (χ1) is 6.69. The molecule has 1 atom stereocenters. The highest BCUT2D eigenvalue weighted by Crippen LogP contribution is 2.24. The van der Waals surface area contributed by atoms with Crippen molar-refractivity contribution in [1.82, 2.24) is 5.43 Å². The van der Waals surface area contributed by atoms with E-state index in [1.165, 1.54) is 11.1 Å². The van der Waals surface area contributed by atoms with Crippen LogP contribution in [0.5, 0.6) is 0 Å². The summed E-state index contributed by atoms with van der Waals surface area (Å²) >= 11 is 3.45. The Morgan fingerprint density at radius 1 is 1.64 bits per heavy atom. The Labute approximate surface area is 93.3 Å². The first-order valence-electron chi connectivity index (χ1n) is 4.52. The number of hydrazine groups is 1. The molecule has 0 aliphatic rings. The van der Waals surface area contributed by atoms with Gasteiger partial charge in [-0.15, -0.1) is 6.58 Å². The van der Waals surface area contributed by atoms with E-state index in [4.69, 9.17) is 5.84 Å². The molecular weight excluding hydrogens is 240 g/mol. The van der Waals surface area contributed by atoms with Crippen molar-refractivity contribution in [3.05, 3.63) is 46.5 Å². The van der Waals surface area contributed by atoms with E-state index < -0.39 is 0 Å². The summed E-state index contributed by atoms with van der Waals surface area (Å²) in [5, 5.41) is 0. The van der Waals surface area contributed by atoms with Gasteiger partial charge in [0, 0.05) is 10.5 Å². The van der Waals surface area contributed by atoms with Gasteiger partial charge in [-0.05, 0) is 36.6 Å². The number of hydrogen-bond donors (Lipinski definition) is 2. The Morgan fingerprint density at radius 2 is 2.36 bits per heavy atom. The fraction of sp³-hybridized carbons (Fsp3) is 0.273. The number of aryl methyl sites for hydroxylation is 1. The summed E-state index contributed by atoms with van der Waals surface area (Å²) in [6.45, 7) is 5.80. The van der Waals surface area contributed by atoms with Crippen LogP contribution in [-0.2, 0) is 0 Å². The Bertz CT molecular complexity index is 323. The van der Waals surface area contributed by atoms with Crippen LogP contribution in [0, 0.1) is 6.92 Å². The number of halogens is 1. The van der Waals surface area contributed by atoms with E-state index in [0.29, 0.717) is 0 Å². The summed E-state index contributed by atoms with van der Waals surface area (Å²) in [6.07, 6.45) is 2.69. The molecule has 0 bridgehead atoms. The molecule has 0 aliphatic heterocycles. The third-order valence-corrected chi connectivity index (χ3v) is 2.71. The highest BCUT2D eigenvalue weighted by molar-refractivity contribution is 9.10. The van der Waals surface area contributed by atoms with Crippen LogP contribution in [-0.4, -0.2) is 0 Å². The highest BCUT2D eigenvalue weighted by atomic mass is 79.9. The Morgan fingerprint density at radius 3 is 2.93 bits per heavy atom. The van der Waals surface area contributed by atoms with Crippen LogP contribution in [0.4, 0.5) is 0 Å². The molecule has 0 radical (unpaired) electrons. The van der Waals surface area contributed by atoms with E-state index in [2.05, 4.69) is 47.0 Å². The zero-order valence-electron chi connectivity index (χ0n) is 8.26. The lowest BCUT2D eigenvalue weighted by Gasteiger charge is -2.17. The number of benzene rings is 1. The van der Waals surface area contributed by atoms with Crippen LogP contribution < -0.4 is 11.3 Å². The molecule has 3 heteroatoms. The maximum absolute atomic E-state index is 5.50. The smallest absolute Gasteiger partial charge is 0.0497 e. The molecule has 1 aromatic carbocycles. The molecule has 1 aromatic rings. The van der Waals surface area contributed by atoms with E-state index >= 15 is 0 Å². The molecule has 0 aliphatic carbocycles. The zero-order chi connectivity index (χ0) is 10.6. The lowest BCUT2D eigenvalue weighted by molar-refractivity contribution is 0.559. The Kier molecular flexibility index (Phi) is 4.32. The minimum Gasteiger partial charge on any atom is -0.271 e. The van der Waals surface area contributed by atoms with Gasteiger partial charge in [-0.25, -0.2) is 0 Å². The largest absolute Gasteiger partial charge is 0.271 e. The summed E-state index contributed by atoms with van der Waals surface area (Å²) in [7, 11) is 0. The number of nitrogens with two attached hydrogens (primary N) is 1. The van der Waals surface area contributed by atoms with Crippen LogP contribution >= 0.6 is 15.9 Å². The Hall–Kier alpha value is -0.640. The highest BCUT2D eigenvalue weighted by Gasteiger charge is 2.10. The number of nitrogens with one attached hydrogen (secondary N) is 1. The lowest BCUT2D eigenvalue weighted by Crippen LogP contribution is -2.28. The predicted molar refractivity (Wildman–Crippen MR) is 63.8 cm³/mol. The van der Waals surface area contributed by atoms with Crippen LogP contribution in [0.25, 0.3) is 0 Å². The van der Waals surface area contributed by atoms with Crippen LogP contribution in [0.1, 0.15) is 23.6 Å². The van der Waals surface area contributed by atoms with Gasteiger partial charge in [0.25, 0.3) is 0 Å². The minimum absolute atomic E-state index is 0.144. The standard InChI is InChI=1S/C11H15BrN2/c1-3-4-11(14-13)10-7-9(12)6-5-8(10)2/h3,5-7,11,14H,1,4,13H2,2H3. The molecule has 0 fully saturated rings. The summed E-state index contributed by atoms with van der Waals surface area (Å²) < 4.78 is 1.07. The van der Waals surface area contributed by atoms with Crippen molar-refractivity contribution in [1.29, 1.82) is 0 Å². The molecule has 0 saturated carbocycles. The molecule has 0 saturated heterocycles. The van der Waals surface area contributed by atoms with Gasteiger partial charge in [-0.3, -0.25) is 11.3 Å². The predicted octanol–water partition coefficient (Wildman–Crippen LogP) is 2.84. The van der Waals surface area contributed by atoms with Crippen molar-refractivity contribution >= 4 is 15.9 Å². The van der Waals surface area contributed by atoms with E-state index in [0.717, 1.165) is 10.9 Å². The van der Waals surface area contributed by atoms with Gasteiger partial charge >= 0.3 is 0 Å². The Balaban J connectivity index is 3.01. The maximum atomic E-state index is 5.50. The van der Waals surface area contributed by atoms with Crippen LogP contribution in [0.15, 0.2) is 35.3 Å². The first kappa shape index (κ1) is 11.4. The fourth-order valence-corrected chi connectivity index (χ4v) is 1.82. The lowest BCUT2D eigenvalue weighted by atomic mass is 9.99. The maximum Gasteiger partial charge on any atom is 0.0497 e. The molecule has 1 unspecified atom stereocenters. The van der Waals surface area contributed by atoms with Crippen molar-refractivity contribution in [3.8, 4) is 0 Å². The van der Waals surface area contributed by atoms with E-state index in [-0.39, 0.29) is 6.04 Å². The van der Waals surface area contributed by atoms with Gasteiger partial charge in [0.1, 0.15) is 0 Å². The van der Waals surface area contributed by atoms with Crippen molar-refractivity contribution < 1.29 is 0 Å². The van der Waals surface area contributed by atoms with Gasteiger partial charge < -0.3 is 0 Å². The van der Waals surface area contributed by atoms with Gasteiger partial charge in [0.15, 0.2) is 0 Å². The topological polar surface area (TPSA) is 38.0 Å². The molecule has 0 heterocycles. The summed E-state index contributed by atoms with van der Waals surface area (Å²) in [5.41, 5.74) is 5.24. The van der Waals surface area contributed by atoms with Gasteiger partial charge in [0.05, 0.1) is 0 Å². The van der Waals surface area contributed by atoms with Crippen LogP contribution in [0.2, 0.25) is 0 Å². The second kappa shape index (κ2) is 5.29. The van der Waals surface area contributed by atoms with Crippen molar-refractivity contribution in [2.24, 2.45) is 5.84 Å². The van der Waals surface area contributed by atoms with E-state index in [9.17, 15) is 0 Å². The summed E-state index contributed by atoms with van der Waals surface area (Å²) in [6, 6.07) is 6.33. The van der Waals surface area contributed by atoms with E-state index in [1.807, 2.05) is 12.1 Å². The van der Waals surface area contributed by atoms with Crippen LogP contribution in [0.3, 0.4) is 0 Å². The van der Waals surface area contributed by atoms with Crippen molar-refractivity contribution in [2.45, 2.75) is 19.4 Å². The second-order valence-corrected chi connectivity index (χ2v) is 4.16. The third-order valence-electron chi connectivity index (χ3n) is 2.22. The minimum atomic E-state index is 0.144. The molecular formula is C11H15BrN2. The summed E-state index contributed by atoms with van der Waals surface area (Å²) in [4.78, 5) is 0. The van der Waals surface area contributed by atoms with Gasteiger partial charge in [-0.2, -0.15) is 0 Å². The third kappa shape index (κ3) is 2.67. The molecule has 0 amide bonds. The normalized spacial score (nSPS) is 12.5. The molecule has 0 aromatic heterocycles. The van der Waals surface area contributed by atoms with Crippen molar-refractivity contribution in [2.75, 3.05) is 0 Å².